The van der Waals surface area contributed by atoms with Gasteiger partial charge in [-0.1, -0.05) is 28.1 Å². The van der Waals surface area contributed by atoms with Crippen molar-refractivity contribution in [2.45, 2.75) is 18.8 Å². The topological polar surface area (TPSA) is 20.3 Å². The molecule has 1 saturated heterocycles. The average molecular weight is 340 g/mol. The Morgan fingerprint density at radius 2 is 2.00 bits per heavy atom. The molecule has 0 bridgehead atoms. The first-order chi connectivity index (χ1) is 9.25. The lowest BCUT2D eigenvalue weighted by Gasteiger charge is -2.20. The fourth-order valence-corrected chi connectivity index (χ4v) is 3.90. The average Bonchev–Trinajstić information content (AvgIpc) is 3.23. The number of carbonyl (C=O) groups is 1. The lowest BCUT2D eigenvalue weighted by molar-refractivity contribution is -0.132. The number of carbonyl (C=O) groups excluding carboxylic acids is 1. The van der Waals surface area contributed by atoms with Crippen molar-refractivity contribution in [3.8, 4) is 0 Å². The van der Waals surface area contributed by atoms with Crippen LogP contribution in [0.3, 0.4) is 0 Å². The van der Waals surface area contributed by atoms with Gasteiger partial charge in [0.1, 0.15) is 0 Å². The molecule has 0 N–H and O–H groups in total. The van der Waals surface area contributed by atoms with Gasteiger partial charge in [-0.05, 0) is 42.2 Å². The molecule has 0 radical (unpaired) electrons. The van der Waals surface area contributed by atoms with E-state index in [4.69, 9.17) is 0 Å². The van der Waals surface area contributed by atoms with E-state index >= 15 is 0 Å². The highest BCUT2D eigenvalue weighted by Gasteiger charge is 2.45. The van der Waals surface area contributed by atoms with Crippen LogP contribution in [0.25, 0.3) is 0 Å². The van der Waals surface area contributed by atoms with E-state index in [1.807, 2.05) is 11.8 Å². The smallest absolute Gasteiger partial charge is 0.226 e. The quantitative estimate of drug-likeness (QED) is 0.821. The molecule has 1 aromatic carbocycles. The molecule has 1 heterocycles. The summed E-state index contributed by atoms with van der Waals surface area (Å²) in [6.45, 7) is 1.89. The number of hydrogen-bond acceptors (Lipinski definition) is 2. The third kappa shape index (κ3) is 3.16. The standard InChI is InChI=1S/C15H18BrNOS/c16-12-4-2-11(3-5-12)13-10-14(13)15(18)17-6-1-8-19-9-7-17/h2-5,13-14H,1,6-10H2/t13-,14+/m1/s1. The Kier molecular flexibility index (Phi) is 4.18. The summed E-state index contributed by atoms with van der Waals surface area (Å²) in [5.41, 5.74) is 1.31. The van der Waals surface area contributed by atoms with Crippen molar-refractivity contribution in [2.24, 2.45) is 5.92 Å². The lowest BCUT2D eigenvalue weighted by atomic mass is 10.1. The van der Waals surface area contributed by atoms with Crippen molar-refractivity contribution in [1.82, 2.24) is 4.90 Å². The largest absolute Gasteiger partial charge is 0.342 e. The van der Waals surface area contributed by atoms with Crippen LogP contribution in [0.15, 0.2) is 28.7 Å². The summed E-state index contributed by atoms with van der Waals surface area (Å²) in [4.78, 5) is 14.6. The van der Waals surface area contributed by atoms with Gasteiger partial charge in [-0.15, -0.1) is 0 Å². The Balaban J connectivity index is 1.62. The molecule has 1 amide bonds. The van der Waals surface area contributed by atoms with Crippen LogP contribution in [0.1, 0.15) is 24.3 Å². The zero-order valence-electron chi connectivity index (χ0n) is 10.8. The number of thioether (sulfide) groups is 1. The van der Waals surface area contributed by atoms with Crippen LogP contribution < -0.4 is 0 Å². The van der Waals surface area contributed by atoms with Crippen molar-refractivity contribution in [3.05, 3.63) is 34.3 Å². The predicted molar refractivity (Wildman–Crippen MR) is 83.5 cm³/mol. The molecule has 0 unspecified atom stereocenters. The van der Waals surface area contributed by atoms with Crippen molar-refractivity contribution in [1.29, 1.82) is 0 Å². The first-order valence-corrected chi connectivity index (χ1v) is 8.82. The maximum atomic E-state index is 12.5. The second-order valence-corrected chi connectivity index (χ2v) is 7.43. The summed E-state index contributed by atoms with van der Waals surface area (Å²) in [5.74, 6) is 3.38. The zero-order valence-corrected chi connectivity index (χ0v) is 13.3. The number of halogens is 1. The van der Waals surface area contributed by atoms with Crippen LogP contribution in [0, 0.1) is 5.92 Å². The Hall–Kier alpha value is -0.480. The van der Waals surface area contributed by atoms with E-state index in [1.54, 1.807) is 0 Å². The van der Waals surface area contributed by atoms with E-state index < -0.39 is 0 Å². The molecular formula is C15H18BrNOS. The van der Waals surface area contributed by atoms with Crippen molar-refractivity contribution >= 4 is 33.6 Å². The minimum Gasteiger partial charge on any atom is -0.342 e. The third-order valence-corrected chi connectivity index (χ3v) is 5.52. The molecule has 3 rings (SSSR count). The highest BCUT2D eigenvalue weighted by Crippen LogP contribution is 2.48. The van der Waals surface area contributed by atoms with Gasteiger partial charge in [0.25, 0.3) is 0 Å². The van der Waals surface area contributed by atoms with E-state index in [0.717, 1.165) is 36.2 Å². The molecule has 19 heavy (non-hydrogen) atoms. The summed E-state index contributed by atoms with van der Waals surface area (Å²) in [7, 11) is 0. The molecule has 102 valence electrons. The monoisotopic (exact) mass is 339 g/mol. The van der Waals surface area contributed by atoms with E-state index in [9.17, 15) is 4.79 Å². The predicted octanol–water partition coefficient (Wildman–Crippen LogP) is 3.52. The van der Waals surface area contributed by atoms with Gasteiger partial charge in [0.2, 0.25) is 5.91 Å². The summed E-state index contributed by atoms with van der Waals surface area (Å²) in [5, 5.41) is 0. The van der Waals surface area contributed by atoms with Gasteiger partial charge in [-0.25, -0.2) is 0 Å². The molecule has 4 heteroatoms. The van der Waals surface area contributed by atoms with Gasteiger partial charge in [-0.2, -0.15) is 11.8 Å². The minimum atomic E-state index is 0.240. The third-order valence-electron chi connectivity index (χ3n) is 3.94. The molecule has 2 fully saturated rings. The SMILES string of the molecule is O=C([C@H]1C[C@@H]1c1ccc(Br)cc1)N1CCCSCC1. The van der Waals surface area contributed by atoms with Gasteiger partial charge in [0, 0.05) is 29.2 Å². The fraction of sp³-hybridized carbons (Fsp3) is 0.533. The Bertz CT molecular complexity index is 454. The van der Waals surface area contributed by atoms with Crippen LogP contribution >= 0.6 is 27.7 Å². The van der Waals surface area contributed by atoms with Gasteiger partial charge < -0.3 is 4.90 Å². The molecule has 0 spiro atoms. The molecule has 2 nitrogen and oxygen atoms in total. The molecule has 0 aromatic heterocycles. The van der Waals surface area contributed by atoms with Crippen LogP contribution in [0.2, 0.25) is 0 Å². The Labute approximate surface area is 127 Å². The Morgan fingerprint density at radius 1 is 1.21 bits per heavy atom. The molecule has 1 aromatic rings. The zero-order chi connectivity index (χ0) is 13.2. The molecule has 1 aliphatic carbocycles. The van der Waals surface area contributed by atoms with E-state index in [-0.39, 0.29) is 5.92 Å². The first-order valence-electron chi connectivity index (χ1n) is 6.88. The highest BCUT2D eigenvalue weighted by molar-refractivity contribution is 9.10. The van der Waals surface area contributed by atoms with Crippen molar-refractivity contribution in [2.75, 3.05) is 24.6 Å². The van der Waals surface area contributed by atoms with E-state index in [2.05, 4.69) is 45.1 Å². The maximum absolute atomic E-state index is 12.5. The summed E-state index contributed by atoms with van der Waals surface area (Å²) in [6.07, 6.45) is 2.18. The second kappa shape index (κ2) is 5.88. The van der Waals surface area contributed by atoms with E-state index in [0.29, 0.717) is 11.8 Å². The van der Waals surface area contributed by atoms with Gasteiger partial charge in [0.05, 0.1) is 0 Å². The van der Waals surface area contributed by atoms with Gasteiger partial charge >= 0.3 is 0 Å². The minimum absolute atomic E-state index is 0.240. The van der Waals surface area contributed by atoms with Crippen molar-refractivity contribution in [3.63, 3.8) is 0 Å². The summed E-state index contributed by atoms with van der Waals surface area (Å²) < 4.78 is 1.10. The fourth-order valence-electron chi connectivity index (χ4n) is 2.75. The van der Waals surface area contributed by atoms with Gasteiger partial charge in [0.15, 0.2) is 0 Å². The summed E-state index contributed by atoms with van der Waals surface area (Å²) >= 11 is 5.42. The number of benzene rings is 1. The maximum Gasteiger partial charge on any atom is 0.226 e. The molecule has 2 atom stereocenters. The molecule has 2 aliphatic rings. The molecule has 1 aliphatic heterocycles. The number of hydrogen-bond donors (Lipinski definition) is 0. The van der Waals surface area contributed by atoms with Crippen LogP contribution in [-0.4, -0.2) is 35.4 Å². The van der Waals surface area contributed by atoms with Crippen LogP contribution in [0.5, 0.6) is 0 Å². The van der Waals surface area contributed by atoms with Gasteiger partial charge in [-0.3, -0.25) is 4.79 Å². The number of amides is 1. The second-order valence-electron chi connectivity index (χ2n) is 5.29. The Morgan fingerprint density at radius 3 is 2.79 bits per heavy atom. The lowest BCUT2D eigenvalue weighted by Crippen LogP contribution is -2.34. The summed E-state index contributed by atoms with van der Waals surface area (Å²) in [6, 6.07) is 8.41. The van der Waals surface area contributed by atoms with Crippen LogP contribution in [-0.2, 0) is 4.79 Å². The van der Waals surface area contributed by atoms with E-state index in [1.165, 1.54) is 11.3 Å². The normalized spacial score (nSPS) is 26.9. The number of rotatable bonds is 2. The van der Waals surface area contributed by atoms with Crippen LogP contribution in [0.4, 0.5) is 0 Å². The van der Waals surface area contributed by atoms with Crippen molar-refractivity contribution < 1.29 is 4.79 Å². The molecular weight excluding hydrogens is 322 g/mol. The first kappa shape index (κ1) is 13.5. The number of nitrogens with zero attached hydrogens (tertiary/aromatic N) is 1. The molecule has 1 saturated carbocycles. The highest BCUT2D eigenvalue weighted by atomic mass is 79.9.